The van der Waals surface area contributed by atoms with Gasteiger partial charge in [-0.05, 0) is 64.1 Å². The Morgan fingerprint density at radius 3 is 2.13 bits per heavy atom. The minimum absolute atomic E-state index is 0.136. The van der Waals surface area contributed by atoms with Gasteiger partial charge in [0.2, 0.25) is 11.8 Å². The molecule has 8 heteroatoms. The molecule has 2 rings (SSSR count). The van der Waals surface area contributed by atoms with Gasteiger partial charge in [0.25, 0.3) is 0 Å². The molecule has 0 fully saturated rings. The molecule has 0 aromatic heterocycles. The zero-order valence-corrected chi connectivity index (χ0v) is 20.4. The third kappa shape index (κ3) is 7.38. The van der Waals surface area contributed by atoms with Crippen LogP contribution in [-0.2, 0) is 16.1 Å². The number of hydrogen-bond donors (Lipinski definition) is 1. The highest BCUT2D eigenvalue weighted by molar-refractivity contribution is 8.00. The van der Waals surface area contributed by atoms with Crippen molar-refractivity contribution >= 4 is 58.4 Å². The molecule has 2 aromatic rings. The van der Waals surface area contributed by atoms with E-state index in [1.165, 1.54) is 16.7 Å². The largest absolute Gasteiger partial charge is 0.350 e. The van der Waals surface area contributed by atoms with Gasteiger partial charge in [-0.15, -0.1) is 11.8 Å². The second-order valence-corrected chi connectivity index (χ2v) is 10.2. The first kappa shape index (κ1) is 24.9. The first-order chi connectivity index (χ1) is 14.0. The predicted molar refractivity (Wildman–Crippen MR) is 127 cm³/mol. The maximum atomic E-state index is 13.1. The highest BCUT2D eigenvalue weighted by atomic mass is 35.5. The number of nitrogens with zero attached hydrogens (tertiary/aromatic N) is 1. The molecule has 0 bridgehead atoms. The summed E-state index contributed by atoms with van der Waals surface area (Å²) in [5.74, 6) is -0.269. The highest BCUT2D eigenvalue weighted by Crippen LogP contribution is 2.28. The number of thioether (sulfide) groups is 1. The lowest BCUT2D eigenvalue weighted by Crippen LogP contribution is -2.52. The minimum Gasteiger partial charge on any atom is -0.350 e. The summed E-state index contributed by atoms with van der Waals surface area (Å²) in [5.41, 5.74) is 0.196. The first-order valence-electron chi connectivity index (χ1n) is 9.40. The second-order valence-electron chi connectivity index (χ2n) is 7.88. The third-order valence-corrected chi connectivity index (χ3v) is 6.19. The SMILES string of the molecule is C[C@@H](C(=O)NC(C)(C)C)N(Cc1c(Cl)cccc1Cl)C(=O)CSc1ccc(Cl)cc1. The van der Waals surface area contributed by atoms with Gasteiger partial charge in [-0.2, -0.15) is 0 Å². The third-order valence-electron chi connectivity index (χ3n) is 4.23. The Morgan fingerprint density at radius 1 is 1.03 bits per heavy atom. The molecular formula is C22H25Cl3N2O2S. The topological polar surface area (TPSA) is 49.4 Å². The van der Waals surface area contributed by atoms with Crippen molar-refractivity contribution in [1.29, 1.82) is 0 Å². The maximum absolute atomic E-state index is 13.1. The maximum Gasteiger partial charge on any atom is 0.242 e. The summed E-state index contributed by atoms with van der Waals surface area (Å²) in [6.45, 7) is 7.52. The van der Waals surface area contributed by atoms with Crippen molar-refractivity contribution in [3.63, 3.8) is 0 Å². The Kier molecular flexibility index (Phi) is 8.92. The Labute approximate surface area is 197 Å². The molecule has 2 amide bonds. The van der Waals surface area contributed by atoms with Gasteiger partial charge in [-0.1, -0.05) is 40.9 Å². The molecule has 0 aliphatic heterocycles. The summed E-state index contributed by atoms with van der Waals surface area (Å²) in [5, 5.41) is 4.47. The van der Waals surface area contributed by atoms with E-state index < -0.39 is 11.6 Å². The van der Waals surface area contributed by atoms with Crippen molar-refractivity contribution in [3.05, 3.63) is 63.1 Å². The summed E-state index contributed by atoms with van der Waals surface area (Å²) >= 11 is 19.9. The number of hydrogen-bond acceptors (Lipinski definition) is 3. The fourth-order valence-corrected chi connectivity index (χ4v) is 4.10. The monoisotopic (exact) mass is 486 g/mol. The van der Waals surface area contributed by atoms with Crippen molar-refractivity contribution < 1.29 is 9.59 Å². The average molecular weight is 488 g/mol. The second kappa shape index (κ2) is 10.8. The van der Waals surface area contributed by atoms with E-state index in [1.54, 1.807) is 37.3 Å². The molecule has 0 unspecified atom stereocenters. The Hall–Kier alpha value is -1.40. The number of halogens is 3. The van der Waals surface area contributed by atoms with E-state index in [0.29, 0.717) is 20.6 Å². The van der Waals surface area contributed by atoms with Crippen LogP contribution in [0.2, 0.25) is 15.1 Å². The van der Waals surface area contributed by atoms with E-state index in [4.69, 9.17) is 34.8 Å². The standard InChI is InChI=1S/C22H25Cl3N2O2S/c1-14(21(29)26-22(2,3)4)27(12-17-18(24)6-5-7-19(17)25)20(28)13-30-16-10-8-15(23)9-11-16/h5-11,14H,12-13H2,1-4H3,(H,26,29)/t14-/m0/s1. The number of carbonyl (C=O) groups is 2. The average Bonchev–Trinajstić information content (AvgIpc) is 2.65. The van der Waals surface area contributed by atoms with Crippen molar-refractivity contribution in [3.8, 4) is 0 Å². The number of amides is 2. The molecule has 1 atom stereocenters. The van der Waals surface area contributed by atoms with Crippen molar-refractivity contribution in [2.45, 2.75) is 50.7 Å². The molecule has 0 spiro atoms. The van der Waals surface area contributed by atoms with Crippen LogP contribution in [0.3, 0.4) is 0 Å². The summed E-state index contributed by atoms with van der Waals surface area (Å²) in [6.07, 6.45) is 0. The van der Waals surface area contributed by atoms with Gasteiger partial charge >= 0.3 is 0 Å². The number of benzene rings is 2. The van der Waals surface area contributed by atoms with Gasteiger partial charge in [0, 0.05) is 37.6 Å². The summed E-state index contributed by atoms with van der Waals surface area (Å²) < 4.78 is 0. The van der Waals surface area contributed by atoms with Crippen molar-refractivity contribution in [2.75, 3.05) is 5.75 Å². The van der Waals surface area contributed by atoms with Crippen LogP contribution < -0.4 is 5.32 Å². The van der Waals surface area contributed by atoms with Crippen LogP contribution >= 0.6 is 46.6 Å². The van der Waals surface area contributed by atoms with Crippen LogP contribution in [0.5, 0.6) is 0 Å². The molecule has 0 saturated heterocycles. The summed E-state index contributed by atoms with van der Waals surface area (Å²) in [7, 11) is 0. The van der Waals surface area contributed by atoms with E-state index >= 15 is 0 Å². The van der Waals surface area contributed by atoms with E-state index in [0.717, 1.165) is 4.90 Å². The molecule has 30 heavy (non-hydrogen) atoms. The number of carbonyl (C=O) groups excluding carboxylic acids is 2. The van der Waals surface area contributed by atoms with Crippen LogP contribution in [0.25, 0.3) is 0 Å². The molecule has 162 valence electrons. The van der Waals surface area contributed by atoms with Gasteiger partial charge in [-0.3, -0.25) is 9.59 Å². The molecule has 0 radical (unpaired) electrons. The summed E-state index contributed by atoms with van der Waals surface area (Å²) in [4.78, 5) is 28.3. The van der Waals surface area contributed by atoms with E-state index in [1.807, 2.05) is 32.9 Å². The van der Waals surface area contributed by atoms with Gasteiger partial charge < -0.3 is 10.2 Å². The molecule has 2 aromatic carbocycles. The molecule has 0 saturated carbocycles. The lowest BCUT2D eigenvalue weighted by atomic mass is 10.1. The molecule has 1 N–H and O–H groups in total. The first-order valence-corrected chi connectivity index (χ1v) is 11.5. The fourth-order valence-electron chi connectivity index (χ4n) is 2.67. The van der Waals surface area contributed by atoms with Gasteiger partial charge in [0.1, 0.15) is 6.04 Å². The minimum atomic E-state index is -0.699. The number of nitrogens with one attached hydrogen (secondary N) is 1. The van der Waals surface area contributed by atoms with Crippen LogP contribution in [0, 0.1) is 0 Å². The fraction of sp³-hybridized carbons (Fsp3) is 0.364. The van der Waals surface area contributed by atoms with Crippen LogP contribution in [0.15, 0.2) is 47.4 Å². The smallest absolute Gasteiger partial charge is 0.242 e. The lowest BCUT2D eigenvalue weighted by molar-refractivity contribution is -0.139. The van der Waals surface area contributed by atoms with E-state index in [2.05, 4.69) is 5.32 Å². The van der Waals surface area contributed by atoms with E-state index in [-0.39, 0.29) is 24.1 Å². The van der Waals surface area contributed by atoms with E-state index in [9.17, 15) is 9.59 Å². The van der Waals surface area contributed by atoms with Gasteiger partial charge in [-0.25, -0.2) is 0 Å². The zero-order chi connectivity index (χ0) is 22.5. The normalized spacial score (nSPS) is 12.4. The molecule has 0 heterocycles. The quantitative estimate of drug-likeness (QED) is 0.482. The van der Waals surface area contributed by atoms with Gasteiger partial charge in [0.05, 0.1) is 5.75 Å². The van der Waals surface area contributed by atoms with Crippen LogP contribution in [0.1, 0.15) is 33.3 Å². The number of rotatable bonds is 7. The van der Waals surface area contributed by atoms with Crippen molar-refractivity contribution in [2.24, 2.45) is 0 Å². The molecule has 0 aliphatic carbocycles. The Bertz CT molecular complexity index is 878. The molecule has 4 nitrogen and oxygen atoms in total. The lowest BCUT2D eigenvalue weighted by Gasteiger charge is -2.32. The highest BCUT2D eigenvalue weighted by Gasteiger charge is 2.29. The summed E-state index contributed by atoms with van der Waals surface area (Å²) in [6, 6.07) is 11.7. The van der Waals surface area contributed by atoms with Crippen LogP contribution in [0.4, 0.5) is 0 Å². The predicted octanol–water partition coefficient (Wildman–Crippen LogP) is 6.07. The van der Waals surface area contributed by atoms with Gasteiger partial charge in [0.15, 0.2) is 0 Å². The Balaban J connectivity index is 2.23. The molecular weight excluding hydrogens is 463 g/mol. The zero-order valence-electron chi connectivity index (χ0n) is 17.3. The molecule has 0 aliphatic rings. The Morgan fingerprint density at radius 2 is 1.60 bits per heavy atom. The van der Waals surface area contributed by atoms with Crippen LogP contribution in [-0.4, -0.2) is 34.0 Å². The van der Waals surface area contributed by atoms with Crippen molar-refractivity contribution in [1.82, 2.24) is 10.2 Å².